The Kier molecular flexibility index (Phi) is 8.87. The molecular formula is C23H17Br2ClN2O5. The van der Waals surface area contributed by atoms with E-state index in [0.717, 1.165) is 0 Å². The van der Waals surface area contributed by atoms with Crippen molar-refractivity contribution < 1.29 is 23.8 Å². The Labute approximate surface area is 211 Å². The fourth-order valence-electron chi connectivity index (χ4n) is 2.58. The number of esters is 1. The second kappa shape index (κ2) is 11.8. The first-order valence-electron chi connectivity index (χ1n) is 9.42. The van der Waals surface area contributed by atoms with Crippen molar-refractivity contribution in [2.75, 3.05) is 13.7 Å². The van der Waals surface area contributed by atoms with Crippen LogP contribution in [0.1, 0.15) is 15.9 Å². The maximum Gasteiger partial charge on any atom is 0.344 e. The molecule has 7 nitrogen and oxygen atoms in total. The fourth-order valence-corrected chi connectivity index (χ4v) is 3.82. The summed E-state index contributed by atoms with van der Waals surface area (Å²) in [4.78, 5) is 24.4. The first-order valence-corrected chi connectivity index (χ1v) is 11.4. The van der Waals surface area contributed by atoms with E-state index in [1.165, 1.54) is 13.3 Å². The highest BCUT2D eigenvalue weighted by Gasteiger charge is 2.15. The third-order valence-corrected chi connectivity index (χ3v) is 5.69. The van der Waals surface area contributed by atoms with Gasteiger partial charge in [-0.1, -0.05) is 23.7 Å². The van der Waals surface area contributed by atoms with E-state index in [1.54, 1.807) is 60.7 Å². The van der Waals surface area contributed by atoms with E-state index in [1.807, 2.05) is 0 Å². The van der Waals surface area contributed by atoms with Crippen LogP contribution in [0.5, 0.6) is 17.2 Å². The van der Waals surface area contributed by atoms with E-state index in [2.05, 4.69) is 42.4 Å². The number of nitrogens with one attached hydrogen (secondary N) is 1. The highest BCUT2D eigenvalue weighted by Crippen LogP contribution is 2.29. The lowest BCUT2D eigenvalue weighted by Crippen LogP contribution is -2.24. The summed E-state index contributed by atoms with van der Waals surface area (Å²) in [5, 5.41) is 4.46. The van der Waals surface area contributed by atoms with Crippen LogP contribution in [0.4, 0.5) is 0 Å². The van der Waals surface area contributed by atoms with Gasteiger partial charge in [-0.05, 0) is 86.0 Å². The van der Waals surface area contributed by atoms with Gasteiger partial charge in [0.25, 0.3) is 5.91 Å². The van der Waals surface area contributed by atoms with Gasteiger partial charge >= 0.3 is 5.97 Å². The Hall–Kier alpha value is -2.88. The molecule has 0 saturated heterocycles. The van der Waals surface area contributed by atoms with Crippen LogP contribution in [-0.2, 0) is 4.79 Å². The van der Waals surface area contributed by atoms with Gasteiger partial charge in [-0.2, -0.15) is 5.10 Å². The molecule has 3 aromatic rings. The minimum Gasteiger partial charge on any atom is -0.493 e. The second-order valence-corrected chi connectivity index (χ2v) is 8.58. The fraction of sp³-hybridized carbons (Fsp3) is 0.0870. The zero-order valence-electron chi connectivity index (χ0n) is 17.2. The van der Waals surface area contributed by atoms with Gasteiger partial charge in [-0.25, -0.2) is 10.2 Å². The molecule has 33 heavy (non-hydrogen) atoms. The number of hydrogen-bond acceptors (Lipinski definition) is 6. The SMILES string of the molecule is COc1cc(C=NNC(=O)COc2ccc(Cl)cc2Br)ccc1OC(=O)c1ccccc1Br. The maximum atomic E-state index is 12.4. The molecule has 0 aliphatic rings. The quantitative estimate of drug-likeness (QED) is 0.158. The number of benzene rings is 3. The number of methoxy groups -OCH3 is 1. The van der Waals surface area contributed by atoms with Crippen molar-refractivity contribution in [2.24, 2.45) is 5.10 Å². The number of hydrogen-bond donors (Lipinski definition) is 1. The van der Waals surface area contributed by atoms with Gasteiger partial charge in [-0.3, -0.25) is 4.79 Å². The van der Waals surface area contributed by atoms with Crippen molar-refractivity contribution in [3.8, 4) is 17.2 Å². The van der Waals surface area contributed by atoms with Crippen LogP contribution in [-0.4, -0.2) is 31.8 Å². The number of carbonyl (C=O) groups is 2. The van der Waals surface area contributed by atoms with Crippen LogP contribution in [0.3, 0.4) is 0 Å². The highest BCUT2D eigenvalue weighted by molar-refractivity contribution is 9.10. The van der Waals surface area contributed by atoms with Crippen LogP contribution >= 0.6 is 43.5 Å². The van der Waals surface area contributed by atoms with Crippen molar-refractivity contribution in [2.45, 2.75) is 0 Å². The Morgan fingerprint density at radius 1 is 1.00 bits per heavy atom. The molecule has 3 rings (SSSR count). The minimum absolute atomic E-state index is 0.231. The largest absolute Gasteiger partial charge is 0.493 e. The maximum absolute atomic E-state index is 12.4. The summed E-state index contributed by atoms with van der Waals surface area (Å²) < 4.78 is 17.5. The van der Waals surface area contributed by atoms with E-state index in [4.69, 9.17) is 25.8 Å². The summed E-state index contributed by atoms with van der Waals surface area (Å²) in [6.07, 6.45) is 1.43. The highest BCUT2D eigenvalue weighted by atomic mass is 79.9. The zero-order chi connectivity index (χ0) is 23.8. The zero-order valence-corrected chi connectivity index (χ0v) is 21.1. The molecule has 0 saturated carbocycles. The summed E-state index contributed by atoms with van der Waals surface area (Å²) >= 11 is 12.5. The van der Waals surface area contributed by atoms with E-state index < -0.39 is 11.9 Å². The number of carbonyl (C=O) groups excluding carboxylic acids is 2. The van der Waals surface area contributed by atoms with Crippen LogP contribution in [0.15, 0.2) is 74.7 Å². The molecule has 0 aliphatic heterocycles. The molecule has 0 fully saturated rings. The monoisotopic (exact) mass is 594 g/mol. The van der Waals surface area contributed by atoms with Crippen molar-refractivity contribution in [3.63, 3.8) is 0 Å². The van der Waals surface area contributed by atoms with Gasteiger partial charge in [0.2, 0.25) is 0 Å². The molecule has 3 aromatic carbocycles. The lowest BCUT2D eigenvalue weighted by atomic mass is 10.2. The van der Waals surface area contributed by atoms with E-state index in [-0.39, 0.29) is 12.4 Å². The van der Waals surface area contributed by atoms with Gasteiger partial charge in [0.1, 0.15) is 5.75 Å². The molecule has 0 spiro atoms. The van der Waals surface area contributed by atoms with Crippen LogP contribution < -0.4 is 19.6 Å². The number of nitrogens with zero attached hydrogens (tertiary/aromatic N) is 1. The first kappa shape index (κ1) is 24.8. The molecular weight excluding hydrogens is 580 g/mol. The Balaban J connectivity index is 1.58. The van der Waals surface area contributed by atoms with Gasteiger partial charge < -0.3 is 14.2 Å². The average Bonchev–Trinajstić information content (AvgIpc) is 2.79. The van der Waals surface area contributed by atoms with Gasteiger partial charge in [0.05, 0.1) is 23.4 Å². The molecule has 0 atom stereocenters. The lowest BCUT2D eigenvalue weighted by molar-refractivity contribution is -0.123. The Morgan fingerprint density at radius 2 is 1.76 bits per heavy atom. The topological polar surface area (TPSA) is 86.2 Å². The van der Waals surface area contributed by atoms with Gasteiger partial charge in [0.15, 0.2) is 18.1 Å². The van der Waals surface area contributed by atoms with Crippen molar-refractivity contribution in [1.29, 1.82) is 0 Å². The molecule has 10 heteroatoms. The number of hydrazone groups is 1. The van der Waals surface area contributed by atoms with Crippen molar-refractivity contribution in [3.05, 3.63) is 85.8 Å². The normalized spacial score (nSPS) is 10.7. The third kappa shape index (κ3) is 7.05. The molecule has 0 unspecified atom stereocenters. The smallest absolute Gasteiger partial charge is 0.344 e. The molecule has 0 heterocycles. The van der Waals surface area contributed by atoms with Gasteiger partial charge in [0, 0.05) is 9.50 Å². The van der Waals surface area contributed by atoms with E-state index >= 15 is 0 Å². The Morgan fingerprint density at radius 3 is 2.48 bits per heavy atom. The summed E-state index contributed by atoms with van der Waals surface area (Å²) in [6, 6.07) is 16.8. The second-order valence-electron chi connectivity index (χ2n) is 6.44. The molecule has 0 radical (unpaired) electrons. The van der Waals surface area contributed by atoms with Crippen LogP contribution in [0, 0.1) is 0 Å². The number of amides is 1. The first-order chi connectivity index (χ1) is 15.9. The standard InChI is InChI=1S/C23H17Br2ClN2O5/c1-31-21-10-14(6-8-20(21)33-23(30)16-4-2-3-5-17(16)24)12-27-28-22(29)13-32-19-9-7-15(26)11-18(19)25/h2-12H,13H2,1H3,(H,28,29). The van der Waals surface area contributed by atoms with Crippen molar-refractivity contribution in [1.82, 2.24) is 5.43 Å². The number of ether oxygens (including phenoxy) is 3. The molecule has 0 aromatic heterocycles. The number of halogens is 3. The third-order valence-electron chi connectivity index (χ3n) is 4.14. The van der Waals surface area contributed by atoms with E-state index in [0.29, 0.717) is 36.6 Å². The molecule has 170 valence electrons. The molecule has 1 N–H and O–H groups in total. The van der Waals surface area contributed by atoms with Crippen LogP contribution in [0.2, 0.25) is 5.02 Å². The molecule has 0 bridgehead atoms. The summed E-state index contributed by atoms with van der Waals surface area (Å²) in [7, 11) is 1.46. The Bertz CT molecular complexity index is 1200. The number of rotatable bonds is 8. The van der Waals surface area contributed by atoms with Crippen molar-refractivity contribution >= 4 is 61.6 Å². The van der Waals surface area contributed by atoms with Crippen LogP contribution in [0.25, 0.3) is 0 Å². The predicted octanol–water partition coefficient (Wildman–Crippen LogP) is 5.62. The molecule has 1 amide bonds. The average molecular weight is 597 g/mol. The van der Waals surface area contributed by atoms with E-state index in [9.17, 15) is 9.59 Å². The van der Waals surface area contributed by atoms with Gasteiger partial charge in [-0.15, -0.1) is 0 Å². The molecule has 0 aliphatic carbocycles. The summed E-state index contributed by atoms with van der Waals surface area (Å²) in [6.45, 7) is -0.231. The predicted molar refractivity (Wildman–Crippen MR) is 132 cm³/mol. The minimum atomic E-state index is -0.526. The summed E-state index contributed by atoms with van der Waals surface area (Å²) in [5.74, 6) is 0.0970. The lowest BCUT2D eigenvalue weighted by Gasteiger charge is -2.10. The summed E-state index contributed by atoms with van der Waals surface area (Å²) in [5.41, 5.74) is 3.39.